The lowest BCUT2D eigenvalue weighted by atomic mass is 10.0. The fraction of sp³-hybridized carbons (Fsp3) is 0.818. The number of carbonyl (C=O) groups excluding carboxylic acids is 1. The summed E-state index contributed by atoms with van der Waals surface area (Å²) in [6.07, 6.45) is 0.939. The van der Waals surface area contributed by atoms with E-state index in [1.165, 1.54) is 0 Å². The summed E-state index contributed by atoms with van der Waals surface area (Å²) in [6.45, 7) is 6.71. The molecule has 0 spiro atoms. The molecule has 4 N–H and O–H groups in total. The smallest absolute Gasteiger partial charge is 0.337 e. The minimum atomic E-state index is -1.95. The first kappa shape index (κ1) is 15.7. The van der Waals surface area contributed by atoms with Gasteiger partial charge in [0, 0.05) is 6.04 Å². The minimum absolute atomic E-state index is 0.00484. The van der Waals surface area contributed by atoms with Crippen molar-refractivity contribution in [1.29, 1.82) is 0 Å². The van der Waals surface area contributed by atoms with Gasteiger partial charge < -0.3 is 20.8 Å². The van der Waals surface area contributed by atoms with Crippen LogP contribution in [0.5, 0.6) is 0 Å². The van der Waals surface area contributed by atoms with Crippen LogP contribution < -0.4 is 10.6 Å². The number of carbonyl (C=O) groups is 2. The molecule has 0 heterocycles. The van der Waals surface area contributed by atoms with Gasteiger partial charge >= 0.3 is 12.0 Å². The quantitative estimate of drug-likeness (QED) is 0.550. The zero-order valence-electron chi connectivity index (χ0n) is 10.8. The van der Waals surface area contributed by atoms with E-state index in [1.54, 1.807) is 0 Å². The van der Waals surface area contributed by atoms with Crippen LogP contribution in [0.15, 0.2) is 0 Å². The normalized spacial score (nSPS) is 17.7. The maximum atomic E-state index is 11.4. The van der Waals surface area contributed by atoms with E-state index in [9.17, 15) is 14.7 Å². The van der Waals surface area contributed by atoms with Crippen molar-refractivity contribution >= 4 is 12.0 Å². The Labute approximate surface area is 101 Å². The van der Waals surface area contributed by atoms with Crippen LogP contribution in [0.1, 0.15) is 34.1 Å². The number of hydrogen-bond acceptors (Lipinski definition) is 3. The van der Waals surface area contributed by atoms with Crippen LogP contribution in [-0.4, -0.2) is 40.4 Å². The molecule has 6 heteroatoms. The van der Waals surface area contributed by atoms with Gasteiger partial charge in [-0.25, -0.2) is 9.59 Å². The molecule has 0 saturated heterocycles. The molecule has 0 aliphatic heterocycles. The van der Waals surface area contributed by atoms with Crippen LogP contribution in [0.25, 0.3) is 0 Å². The molecule has 0 fully saturated rings. The third kappa shape index (κ3) is 5.53. The molecule has 100 valence electrons. The van der Waals surface area contributed by atoms with E-state index in [2.05, 4.69) is 10.6 Å². The van der Waals surface area contributed by atoms with Crippen molar-refractivity contribution < 1.29 is 19.8 Å². The van der Waals surface area contributed by atoms with Gasteiger partial charge in [-0.2, -0.15) is 0 Å². The number of hydrogen-bond donors (Lipinski definition) is 4. The Hall–Kier alpha value is -1.30. The third-order valence-electron chi connectivity index (χ3n) is 2.91. The highest BCUT2D eigenvalue weighted by Gasteiger charge is 2.30. The fourth-order valence-corrected chi connectivity index (χ4v) is 1.08. The lowest BCUT2D eigenvalue weighted by molar-refractivity contribution is -0.155. The largest absolute Gasteiger partial charge is 0.479 e. The summed E-state index contributed by atoms with van der Waals surface area (Å²) >= 11 is 0. The molecule has 2 amide bonds. The Kier molecular flexibility index (Phi) is 5.95. The SMILES string of the molecule is CCC(C)C(C)NC(=O)NCC(C)(O)C(=O)O. The van der Waals surface area contributed by atoms with Crippen molar-refractivity contribution in [1.82, 2.24) is 10.6 Å². The van der Waals surface area contributed by atoms with Gasteiger partial charge in [-0.15, -0.1) is 0 Å². The van der Waals surface area contributed by atoms with Crippen molar-refractivity contribution in [2.24, 2.45) is 5.92 Å². The van der Waals surface area contributed by atoms with Gasteiger partial charge in [-0.1, -0.05) is 20.3 Å². The number of rotatable bonds is 6. The first-order valence-electron chi connectivity index (χ1n) is 5.70. The summed E-state index contributed by atoms with van der Waals surface area (Å²) in [7, 11) is 0. The van der Waals surface area contributed by atoms with Gasteiger partial charge in [0.2, 0.25) is 0 Å². The van der Waals surface area contributed by atoms with Crippen LogP contribution in [-0.2, 0) is 4.79 Å². The Morgan fingerprint density at radius 3 is 2.29 bits per heavy atom. The van der Waals surface area contributed by atoms with Crippen molar-refractivity contribution in [3.63, 3.8) is 0 Å². The topological polar surface area (TPSA) is 98.7 Å². The maximum Gasteiger partial charge on any atom is 0.337 e. The van der Waals surface area contributed by atoms with Crippen LogP contribution in [0.3, 0.4) is 0 Å². The molecule has 0 aromatic carbocycles. The highest BCUT2D eigenvalue weighted by atomic mass is 16.4. The maximum absolute atomic E-state index is 11.4. The number of urea groups is 1. The molecule has 17 heavy (non-hydrogen) atoms. The molecule has 3 unspecified atom stereocenters. The van der Waals surface area contributed by atoms with E-state index in [1.807, 2.05) is 20.8 Å². The first-order chi connectivity index (χ1) is 7.70. The second-order valence-corrected chi connectivity index (χ2v) is 4.58. The average Bonchev–Trinajstić information content (AvgIpc) is 2.25. The van der Waals surface area contributed by atoms with E-state index in [0.29, 0.717) is 5.92 Å². The lowest BCUT2D eigenvalue weighted by Gasteiger charge is -2.22. The van der Waals surface area contributed by atoms with Crippen LogP contribution >= 0.6 is 0 Å². The zero-order chi connectivity index (χ0) is 13.6. The van der Waals surface area contributed by atoms with Crippen molar-refractivity contribution in [3.05, 3.63) is 0 Å². The molecular formula is C11H22N2O4. The Morgan fingerprint density at radius 1 is 1.35 bits per heavy atom. The molecule has 0 aliphatic rings. The summed E-state index contributed by atoms with van der Waals surface area (Å²) in [4.78, 5) is 22.0. The summed E-state index contributed by atoms with van der Waals surface area (Å²) in [5.74, 6) is -1.03. The standard InChI is InChI=1S/C11H22N2O4/c1-5-7(2)8(3)13-10(16)12-6-11(4,17)9(14)15/h7-8,17H,5-6H2,1-4H3,(H,14,15)(H2,12,13,16). The summed E-state index contributed by atoms with van der Waals surface area (Å²) in [5.41, 5.74) is -1.95. The number of nitrogens with one attached hydrogen (secondary N) is 2. The monoisotopic (exact) mass is 246 g/mol. The zero-order valence-corrected chi connectivity index (χ0v) is 10.8. The Balaban J connectivity index is 4.08. The molecule has 3 atom stereocenters. The van der Waals surface area contributed by atoms with Gasteiger partial charge in [0.05, 0.1) is 6.54 Å². The molecule has 0 bridgehead atoms. The molecule has 6 nitrogen and oxygen atoms in total. The van der Waals surface area contributed by atoms with Gasteiger partial charge in [-0.3, -0.25) is 0 Å². The fourth-order valence-electron chi connectivity index (χ4n) is 1.08. The number of carboxylic acid groups (broad SMARTS) is 1. The predicted molar refractivity (Wildman–Crippen MR) is 63.7 cm³/mol. The van der Waals surface area contributed by atoms with Gasteiger partial charge in [0.25, 0.3) is 0 Å². The Morgan fingerprint density at radius 2 is 1.88 bits per heavy atom. The second kappa shape index (κ2) is 6.44. The second-order valence-electron chi connectivity index (χ2n) is 4.58. The third-order valence-corrected chi connectivity index (χ3v) is 2.91. The molecule has 0 aliphatic carbocycles. The van der Waals surface area contributed by atoms with Gasteiger partial charge in [-0.05, 0) is 19.8 Å². The van der Waals surface area contributed by atoms with E-state index >= 15 is 0 Å². The first-order valence-corrected chi connectivity index (χ1v) is 5.70. The molecule has 0 aromatic rings. The number of amides is 2. The summed E-state index contributed by atoms with van der Waals surface area (Å²) in [6, 6.07) is -0.478. The van der Waals surface area contributed by atoms with Crippen molar-refractivity contribution in [3.8, 4) is 0 Å². The summed E-state index contributed by atoms with van der Waals surface area (Å²) in [5, 5.41) is 23.0. The lowest BCUT2D eigenvalue weighted by Crippen LogP contribution is -2.51. The van der Waals surface area contributed by atoms with Crippen molar-refractivity contribution in [2.45, 2.75) is 45.8 Å². The van der Waals surface area contributed by atoms with Crippen LogP contribution in [0, 0.1) is 5.92 Å². The highest BCUT2D eigenvalue weighted by molar-refractivity contribution is 5.79. The highest BCUT2D eigenvalue weighted by Crippen LogP contribution is 2.06. The molecule has 0 saturated carbocycles. The van der Waals surface area contributed by atoms with Gasteiger partial charge in [0.15, 0.2) is 5.60 Å². The van der Waals surface area contributed by atoms with Gasteiger partial charge in [0.1, 0.15) is 0 Å². The molecule has 0 radical (unpaired) electrons. The number of carboxylic acids is 1. The van der Waals surface area contributed by atoms with E-state index in [0.717, 1.165) is 13.3 Å². The summed E-state index contributed by atoms with van der Waals surface area (Å²) < 4.78 is 0. The van der Waals surface area contributed by atoms with E-state index < -0.39 is 17.6 Å². The minimum Gasteiger partial charge on any atom is -0.479 e. The molecule has 0 rings (SSSR count). The van der Waals surface area contributed by atoms with Crippen molar-refractivity contribution in [2.75, 3.05) is 6.54 Å². The molecule has 0 aromatic heterocycles. The van der Waals surface area contributed by atoms with E-state index in [4.69, 9.17) is 5.11 Å². The van der Waals surface area contributed by atoms with Crippen LogP contribution in [0.4, 0.5) is 4.79 Å². The predicted octanol–water partition coefficient (Wildman–Crippen LogP) is 0.556. The van der Waals surface area contributed by atoms with E-state index in [-0.39, 0.29) is 12.6 Å². The van der Waals surface area contributed by atoms with Crippen LogP contribution in [0.2, 0.25) is 0 Å². The molecular weight excluding hydrogens is 224 g/mol. The number of aliphatic hydroxyl groups is 1. The Bertz CT molecular complexity index is 279. The number of aliphatic carboxylic acids is 1. The average molecular weight is 246 g/mol.